The summed E-state index contributed by atoms with van der Waals surface area (Å²) >= 11 is 0. The van der Waals surface area contributed by atoms with Crippen molar-refractivity contribution in [2.45, 2.75) is 0 Å². The van der Waals surface area contributed by atoms with Gasteiger partial charge < -0.3 is 9.84 Å². The van der Waals surface area contributed by atoms with Crippen molar-refractivity contribution in [3.63, 3.8) is 0 Å². The molecule has 4 nitrogen and oxygen atoms in total. The van der Waals surface area contributed by atoms with Gasteiger partial charge in [-0.2, -0.15) is 0 Å². The van der Waals surface area contributed by atoms with Crippen molar-refractivity contribution < 1.29 is 9.84 Å². The molecule has 0 spiro atoms. The fourth-order valence-electron chi connectivity index (χ4n) is 1.94. The molecule has 0 atom stereocenters. The fraction of sp³-hybridized carbons (Fsp3) is 0.111. The second-order valence-corrected chi connectivity index (χ2v) is 4.56. The Morgan fingerprint density at radius 2 is 2.14 bits per heavy atom. The molecule has 0 saturated carbocycles. The quantitative estimate of drug-likeness (QED) is 0.531. The van der Waals surface area contributed by atoms with Gasteiger partial charge in [-0.1, -0.05) is 24.8 Å². The number of nitrogens with zero attached hydrogens (tertiary/aromatic N) is 2. The summed E-state index contributed by atoms with van der Waals surface area (Å²) in [6.45, 7) is 3.78. The minimum Gasteiger partial charge on any atom is -0.508 e. The third-order valence-corrected chi connectivity index (χ3v) is 3.10. The predicted molar refractivity (Wildman–Crippen MR) is 91.1 cm³/mol. The number of fused-ring (bicyclic) bond motifs is 1. The van der Waals surface area contributed by atoms with Crippen molar-refractivity contribution >= 4 is 22.9 Å². The van der Waals surface area contributed by atoms with Gasteiger partial charge in [0.1, 0.15) is 5.75 Å². The number of pyridine rings is 1. The largest absolute Gasteiger partial charge is 0.508 e. The third-order valence-electron chi connectivity index (χ3n) is 3.10. The van der Waals surface area contributed by atoms with E-state index in [4.69, 9.17) is 4.74 Å². The molecule has 1 heterocycles. The highest BCUT2D eigenvalue weighted by atomic mass is 16.5. The van der Waals surface area contributed by atoms with Gasteiger partial charge in [0.15, 0.2) is 0 Å². The molecule has 1 aromatic heterocycles. The summed E-state index contributed by atoms with van der Waals surface area (Å²) in [5, 5.41) is 10.4. The van der Waals surface area contributed by atoms with Crippen molar-refractivity contribution in [2.75, 3.05) is 14.2 Å². The van der Waals surface area contributed by atoms with Crippen molar-refractivity contribution in [3.05, 3.63) is 66.4 Å². The second-order valence-electron chi connectivity index (χ2n) is 4.56. The van der Waals surface area contributed by atoms with Crippen LogP contribution in [-0.4, -0.2) is 30.1 Å². The zero-order valence-electron chi connectivity index (χ0n) is 12.7. The van der Waals surface area contributed by atoms with Crippen LogP contribution in [0.4, 0.5) is 0 Å². The fourth-order valence-corrected chi connectivity index (χ4v) is 1.94. The lowest BCUT2D eigenvalue weighted by Crippen LogP contribution is -1.96. The smallest absolute Gasteiger partial charge is 0.208 e. The summed E-state index contributed by atoms with van der Waals surface area (Å²) in [6.07, 6.45) is 7.30. The van der Waals surface area contributed by atoms with Gasteiger partial charge in [0, 0.05) is 18.5 Å². The van der Waals surface area contributed by atoms with Crippen LogP contribution in [0.3, 0.4) is 0 Å². The Bertz CT molecular complexity index is 774. The number of hydrogen-bond donors (Lipinski definition) is 1. The zero-order chi connectivity index (χ0) is 15.9. The molecule has 0 unspecified atom stereocenters. The van der Waals surface area contributed by atoms with Crippen LogP contribution < -0.4 is 0 Å². The van der Waals surface area contributed by atoms with E-state index in [1.807, 2.05) is 24.3 Å². The molecule has 0 bridgehead atoms. The van der Waals surface area contributed by atoms with Gasteiger partial charge >= 0.3 is 0 Å². The van der Waals surface area contributed by atoms with Crippen molar-refractivity contribution in [1.82, 2.24) is 4.98 Å². The Labute approximate surface area is 129 Å². The van der Waals surface area contributed by atoms with Gasteiger partial charge in [0.2, 0.25) is 5.90 Å². The first kappa shape index (κ1) is 15.5. The van der Waals surface area contributed by atoms with Gasteiger partial charge in [0.05, 0.1) is 18.3 Å². The van der Waals surface area contributed by atoms with Gasteiger partial charge in [-0.25, -0.2) is 4.98 Å². The van der Waals surface area contributed by atoms with E-state index in [1.54, 1.807) is 44.5 Å². The van der Waals surface area contributed by atoms with Gasteiger partial charge in [0.25, 0.3) is 0 Å². The molecule has 1 aromatic carbocycles. The average Bonchev–Trinajstić information content (AvgIpc) is 2.55. The first-order valence-electron chi connectivity index (χ1n) is 6.79. The highest BCUT2D eigenvalue weighted by Gasteiger charge is 1.98. The molecule has 2 aromatic rings. The minimum atomic E-state index is 0.236. The van der Waals surface area contributed by atoms with E-state index in [0.29, 0.717) is 5.90 Å². The monoisotopic (exact) mass is 294 g/mol. The number of allylic oxidation sites excluding steroid dienone is 3. The van der Waals surface area contributed by atoms with Crippen molar-refractivity contribution in [3.8, 4) is 5.75 Å². The van der Waals surface area contributed by atoms with Crippen LogP contribution in [0.1, 0.15) is 5.69 Å². The number of methoxy groups -OCH3 is 1. The van der Waals surface area contributed by atoms with Crippen LogP contribution in [0.5, 0.6) is 5.75 Å². The van der Waals surface area contributed by atoms with Crippen LogP contribution in [0.15, 0.2) is 65.7 Å². The summed E-state index contributed by atoms with van der Waals surface area (Å²) < 4.78 is 5.11. The number of aromatic hydroxyl groups is 1. The first-order chi connectivity index (χ1) is 10.7. The van der Waals surface area contributed by atoms with Crippen LogP contribution in [-0.2, 0) is 4.74 Å². The van der Waals surface area contributed by atoms with Gasteiger partial charge in [-0.05, 0) is 35.9 Å². The maximum atomic E-state index is 9.45. The molecule has 0 aliphatic heterocycles. The molecule has 112 valence electrons. The summed E-state index contributed by atoms with van der Waals surface area (Å²) in [5.74, 6) is 0.766. The minimum absolute atomic E-state index is 0.236. The number of aromatic nitrogens is 1. The molecule has 0 saturated heterocycles. The SMILES string of the molecule is C=CC(/C=C/c1ccc2cc(O)ccc2n1)=C\C(=NC)OC. The molecule has 0 amide bonds. The summed E-state index contributed by atoms with van der Waals surface area (Å²) in [5.41, 5.74) is 2.52. The third kappa shape index (κ3) is 3.82. The number of ether oxygens (including phenoxy) is 1. The molecular formula is C18H18N2O2. The summed E-state index contributed by atoms with van der Waals surface area (Å²) in [7, 11) is 3.24. The van der Waals surface area contributed by atoms with E-state index in [0.717, 1.165) is 22.2 Å². The number of benzene rings is 1. The Hall–Kier alpha value is -2.88. The standard InChI is InChI=1S/C18H18N2O2/c1-4-13(11-18(19-2)22-3)5-7-15-8-6-14-12-16(21)9-10-17(14)20-15/h4-12,21H,1H2,2-3H3/b7-5+,13-11+,19-18?. The van der Waals surface area contributed by atoms with Crippen molar-refractivity contribution in [1.29, 1.82) is 0 Å². The Morgan fingerprint density at radius 1 is 1.32 bits per heavy atom. The molecule has 22 heavy (non-hydrogen) atoms. The van der Waals surface area contributed by atoms with Gasteiger partial charge in [-0.15, -0.1) is 0 Å². The zero-order valence-corrected chi connectivity index (χ0v) is 12.7. The van der Waals surface area contributed by atoms with Crippen LogP contribution in [0, 0.1) is 0 Å². The molecule has 4 heteroatoms. The number of rotatable bonds is 4. The molecule has 1 N–H and O–H groups in total. The maximum absolute atomic E-state index is 9.45. The Morgan fingerprint density at radius 3 is 2.82 bits per heavy atom. The normalized spacial score (nSPS) is 12.8. The molecule has 0 aliphatic rings. The number of hydrogen-bond acceptors (Lipinski definition) is 4. The predicted octanol–water partition coefficient (Wildman–Crippen LogP) is 3.74. The average molecular weight is 294 g/mol. The van der Waals surface area contributed by atoms with Crippen LogP contribution >= 0.6 is 0 Å². The van der Waals surface area contributed by atoms with Gasteiger partial charge in [-0.3, -0.25) is 4.99 Å². The lowest BCUT2D eigenvalue weighted by molar-refractivity contribution is 0.406. The molecule has 0 fully saturated rings. The second kappa shape index (κ2) is 7.22. The Balaban J connectivity index is 2.28. The van der Waals surface area contributed by atoms with Crippen LogP contribution in [0.2, 0.25) is 0 Å². The van der Waals surface area contributed by atoms with E-state index >= 15 is 0 Å². The topological polar surface area (TPSA) is 54.7 Å². The molecule has 2 rings (SSSR count). The molecular weight excluding hydrogens is 276 g/mol. The number of phenolic OH excluding ortho intramolecular Hbond substituents is 1. The number of phenols is 1. The number of aliphatic imine (C=N–C) groups is 1. The summed E-state index contributed by atoms with van der Waals surface area (Å²) in [6, 6.07) is 8.92. The highest BCUT2D eigenvalue weighted by Crippen LogP contribution is 2.19. The summed E-state index contributed by atoms with van der Waals surface area (Å²) in [4.78, 5) is 8.52. The molecule has 0 aliphatic carbocycles. The first-order valence-corrected chi connectivity index (χ1v) is 6.79. The van der Waals surface area contributed by atoms with Crippen molar-refractivity contribution in [2.24, 2.45) is 4.99 Å². The van der Waals surface area contributed by atoms with Crippen LogP contribution in [0.25, 0.3) is 17.0 Å². The van der Waals surface area contributed by atoms with E-state index in [-0.39, 0.29) is 5.75 Å². The van der Waals surface area contributed by atoms with E-state index in [9.17, 15) is 5.11 Å². The maximum Gasteiger partial charge on any atom is 0.208 e. The Kier molecular flexibility index (Phi) is 5.09. The lowest BCUT2D eigenvalue weighted by atomic mass is 10.1. The van der Waals surface area contributed by atoms with E-state index in [2.05, 4.69) is 16.6 Å². The molecule has 0 radical (unpaired) electrons. The van der Waals surface area contributed by atoms with E-state index in [1.165, 1.54) is 0 Å². The lowest BCUT2D eigenvalue weighted by Gasteiger charge is -2.01. The highest BCUT2D eigenvalue weighted by molar-refractivity contribution is 5.89. The van der Waals surface area contributed by atoms with E-state index < -0.39 is 0 Å².